The van der Waals surface area contributed by atoms with E-state index >= 15 is 0 Å². The Balaban J connectivity index is 1.38. The van der Waals surface area contributed by atoms with E-state index in [1.54, 1.807) is 0 Å². The summed E-state index contributed by atoms with van der Waals surface area (Å²) in [6.45, 7) is 3.83. The Labute approximate surface area is 182 Å². The van der Waals surface area contributed by atoms with Crippen LogP contribution in [0.3, 0.4) is 0 Å². The molecule has 0 spiro atoms. The summed E-state index contributed by atoms with van der Waals surface area (Å²) in [7, 11) is 0. The van der Waals surface area contributed by atoms with Gasteiger partial charge < -0.3 is 16.0 Å². The van der Waals surface area contributed by atoms with E-state index in [0.29, 0.717) is 18.6 Å². The number of para-hydroxylation sites is 1. The molecule has 3 aromatic carbocycles. The first-order valence-corrected chi connectivity index (χ1v) is 10.5. The summed E-state index contributed by atoms with van der Waals surface area (Å²) in [5.74, 6) is 0. The highest BCUT2D eigenvalue weighted by Crippen LogP contribution is 2.23. The Hall–Kier alpha value is -3.73. The number of anilines is 1. The molecule has 0 saturated carbocycles. The molecule has 1 heterocycles. The van der Waals surface area contributed by atoms with Crippen LogP contribution in [0.5, 0.6) is 0 Å². The normalized spacial score (nSPS) is 11.9. The van der Waals surface area contributed by atoms with E-state index in [1.165, 1.54) is 10.8 Å². The van der Waals surface area contributed by atoms with Gasteiger partial charge in [-0.05, 0) is 42.3 Å². The molecule has 0 aliphatic heterocycles. The number of aryl methyl sites for hydroxylation is 1. The number of rotatable bonds is 6. The van der Waals surface area contributed by atoms with Crippen molar-refractivity contribution in [3.63, 3.8) is 0 Å². The van der Waals surface area contributed by atoms with Crippen LogP contribution in [-0.2, 0) is 6.42 Å². The second kappa shape index (κ2) is 8.96. The van der Waals surface area contributed by atoms with Crippen LogP contribution >= 0.6 is 0 Å². The minimum atomic E-state index is -0.277. The molecular formula is C26H26N4O. The van der Waals surface area contributed by atoms with Crippen molar-refractivity contribution in [3.8, 4) is 0 Å². The average molecular weight is 411 g/mol. The molecular weight excluding hydrogens is 384 g/mol. The topological polar surface area (TPSA) is 77.9 Å². The van der Waals surface area contributed by atoms with E-state index in [9.17, 15) is 4.79 Å². The zero-order chi connectivity index (χ0) is 21.8. The Morgan fingerprint density at radius 2 is 1.71 bits per heavy atom. The zero-order valence-electron chi connectivity index (χ0n) is 17.8. The van der Waals surface area contributed by atoms with Crippen molar-refractivity contribution in [1.82, 2.24) is 10.3 Å². The van der Waals surface area contributed by atoms with E-state index < -0.39 is 0 Å². The molecule has 1 atom stereocenters. The van der Waals surface area contributed by atoms with E-state index in [2.05, 4.69) is 39.9 Å². The number of hydrogen-bond donors (Lipinski definition) is 3. The van der Waals surface area contributed by atoms with E-state index in [1.807, 2.05) is 62.4 Å². The highest BCUT2D eigenvalue weighted by Gasteiger charge is 2.13. The highest BCUT2D eigenvalue weighted by molar-refractivity contribution is 6.00. The molecule has 1 unspecified atom stereocenters. The number of aromatic nitrogens is 1. The predicted molar refractivity (Wildman–Crippen MR) is 128 cm³/mol. The third-order valence-corrected chi connectivity index (χ3v) is 5.31. The first kappa shape index (κ1) is 20.5. The standard InChI is InChI=1S/C26H26N4O/c1-17(14-21(27)16-20-10-7-9-19-8-3-4-11-22(19)20)29-26(31)30-25-15-18(2)28-24-13-6-5-12-23(24)25/h3-13,15,17,27H,14,16H2,1-2H3,(H2,28,29,30,31). The number of pyridine rings is 1. The Morgan fingerprint density at radius 1 is 1.00 bits per heavy atom. The van der Waals surface area contributed by atoms with Crippen molar-refractivity contribution in [2.24, 2.45) is 0 Å². The van der Waals surface area contributed by atoms with Crippen LogP contribution in [0, 0.1) is 12.3 Å². The minimum absolute atomic E-state index is 0.156. The Kier molecular flexibility index (Phi) is 5.94. The highest BCUT2D eigenvalue weighted by atomic mass is 16.2. The lowest BCUT2D eigenvalue weighted by molar-refractivity contribution is 0.249. The second-order valence-corrected chi connectivity index (χ2v) is 7.95. The molecule has 2 amide bonds. The summed E-state index contributed by atoms with van der Waals surface area (Å²) in [6.07, 6.45) is 1.07. The Morgan fingerprint density at radius 3 is 2.55 bits per heavy atom. The van der Waals surface area contributed by atoms with Gasteiger partial charge in [-0.2, -0.15) is 0 Å². The molecule has 156 valence electrons. The molecule has 0 bridgehead atoms. The Bertz CT molecular complexity index is 1260. The van der Waals surface area contributed by atoms with Crippen LogP contribution in [0.4, 0.5) is 10.5 Å². The van der Waals surface area contributed by atoms with Crippen molar-refractivity contribution in [3.05, 3.63) is 84.1 Å². The van der Waals surface area contributed by atoms with Crippen LogP contribution in [0.2, 0.25) is 0 Å². The smallest absolute Gasteiger partial charge is 0.319 e. The van der Waals surface area contributed by atoms with Crippen LogP contribution in [-0.4, -0.2) is 22.8 Å². The maximum absolute atomic E-state index is 12.6. The molecule has 31 heavy (non-hydrogen) atoms. The lowest BCUT2D eigenvalue weighted by atomic mass is 9.98. The van der Waals surface area contributed by atoms with Gasteiger partial charge in [-0.25, -0.2) is 4.79 Å². The van der Waals surface area contributed by atoms with E-state index in [-0.39, 0.29) is 12.1 Å². The lowest BCUT2D eigenvalue weighted by Gasteiger charge is -2.17. The van der Waals surface area contributed by atoms with Crippen molar-refractivity contribution in [1.29, 1.82) is 5.41 Å². The average Bonchev–Trinajstić information content (AvgIpc) is 2.73. The van der Waals surface area contributed by atoms with Gasteiger partial charge in [0.15, 0.2) is 0 Å². The number of hydrogen-bond acceptors (Lipinski definition) is 3. The van der Waals surface area contributed by atoms with Crippen molar-refractivity contribution in [2.75, 3.05) is 5.32 Å². The summed E-state index contributed by atoms with van der Waals surface area (Å²) < 4.78 is 0. The van der Waals surface area contributed by atoms with Gasteiger partial charge in [0.2, 0.25) is 0 Å². The number of nitrogens with one attached hydrogen (secondary N) is 3. The van der Waals surface area contributed by atoms with Gasteiger partial charge in [0.05, 0.1) is 11.2 Å². The van der Waals surface area contributed by atoms with Gasteiger partial charge in [-0.3, -0.25) is 4.98 Å². The van der Waals surface area contributed by atoms with E-state index in [4.69, 9.17) is 5.41 Å². The summed E-state index contributed by atoms with van der Waals surface area (Å²) in [5, 5.41) is 17.6. The van der Waals surface area contributed by atoms with Crippen LogP contribution in [0.15, 0.2) is 72.8 Å². The minimum Gasteiger partial charge on any atom is -0.335 e. The van der Waals surface area contributed by atoms with Gasteiger partial charge in [-0.15, -0.1) is 0 Å². The molecule has 0 aliphatic rings. The van der Waals surface area contributed by atoms with Gasteiger partial charge in [0, 0.05) is 35.7 Å². The van der Waals surface area contributed by atoms with Gasteiger partial charge in [-0.1, -0.05) is 60.7 Å². The van der Waals surface area contributed by atoms with Gasteiger partial charge in [0.25, 0.3) is 0 Å². The number of benzene rings is 3. The monoisotopic (exact) mass is 410 g/mol. The van der Waals surface area contributed by atoms with Crippen molar-refractivity contribution in [2.45, 2.75) is 32.7 Å². The number of urea groups is 1. The molecule has 5 nitrogen and oxygen atoms in total. The molecule has 0 radical (unpaired) electrons. The van der Waals surface area contributed by atoms with Crippen LogP contribution < -0.4 is 10.6 Å². The molecule has 4 rings (SSSR count). The number of amides is 2. The van der Waals surface area contributed by atoms with Crippen molar-refractivity contribution < 1.29 is 4.79 Å². The number of carbonyl (C=O) groups is 1. The largest absolute Gasteiger partial charge is 0.335 e. The zero-order valence-corrected chi connectivity index (χ0v) is 17.8. The fourth-order valence-corrected chi connectivity index (χ4v) is 3.96. The third kappa shape index (κ3) is 4.89. The molecule has 1 aromatic heterocycles. The van der Waals surface area contributed by atoms with Gasteiger partial charge in [0.1, 0.15) is 0 Å². The number of nitrogens with zero attached hydrogens (tertiary/aromatic N) is 1. The molecule has 3 N–H and O–H groups in total. The fraction of sp³-hybridized carbons (Fsp3) is 0.192. The predicted octanol–water partition coefficient (Wildman–Crippen LogP) is 5.86. The summed E-state index contributed by atoms with van der Waals surface area (Å²) in [6, 6.07) is 23.6. The van der Waals surface area contributed by atoms with Crippen LogP contribution in [0.25, 0.3) is 21.7 Å². The molecule has 0 fully saturated rings. The SMILES string of the molecule is Cc1cc(NC(=O)NC(C)CC(=N)Cc2cccc3ccccc23)c2ccccc2n1. The number of carbonyl (C=O) groups excluding carboxylic acids is 1. The maximum Gasteiger partial charge on any atom is 0.319 e. The lowest BCUT2D eigenvalue weighted by Crippen LogP contribution is -2.37. The molecule has 4 aromatic rings. The first-order valence-electron chi connectivity index (χ1n) is 10.5. The van der Waals surface area contributed by atoms with Crippen molar-refractivity contribution >= 4 is 39.1 Å². The quantitative estimate of drug-likeness (QED) is 0.348. The fourth-order valence-electron chi connectivity index (χ4n) is 3.96. The third-order valence-electron chi connectivity index (χ3n) is 5.31. The summed E-state index contributed by atoms with van der Waals surface area (Å²) in [5.41, 5.74) is 4.16. The summed E-state index contributed by atoms with van der Waals surface area (Å²) in [4.78, 5) is 17.1. The summed E-state index contributed by atoms with van der Waals surface area (Å²) >= 11 is 0. The van der Waals surface area contributed by atoms with E-state index in [0.717, 1.165) is 27.8 Å². The molecule has 0 saturated heterocycles. The second-order valence-electron chi connectivity index (χ2n) is 7.95. The first-order chi connectivity index (χ1) is 15.0. The molecule has 0 aliphatic carbocycles. The maximum atomic E-state index is 12.6. The molecule has 5 heteroatoms. The number of fused-ring (bicyclic) bond motifs is 2. The van der Waals surface area contributed by atoms with Crippen LogP contribution in [0.1, 0.15) is 24.6 Å². The van der Waals surface area contributed by atoms with Gasteiger partial charge >= 0.3 is 6.03 Å².